The van der Waals surface area contributed by atoms with Crippen molar-refractivity contribution < 1.29 is 9.90 Å². The van der Waals surface area contributed by atoms with Crippen molar-refractivity contribution in [2.24, 2.45) is 5.73 Å². The van der Waals surface area contributed by atoms with E-state index in [1.54, 1.807) is 30.4 Å². The van der Waals surface area contributed by atoms with Gasteiger partial charge in [0.05, 0.1) is 13.1 Å². The van der Waals surface area contributed by atoms with Crippen molar-refractivity contribution in [1.82, 2.24) is 5.32 Å². The lowest BCUT2D eigenvalue weighted by Crippen LogP contribution is -2.23. The average molecular weight is 300 g/mol. The number of nitrogens with one attached hydrogen (secondary N) is 1. The molecule has 2 aromatic rings. The monoisotopic (exact) mass is 300 g/mol. The molecule has 1 aromatic carbocycles. The largest absolute Gasteiger partial charge is 0.508 e. The zero-order chi connectivity index (χ0) is 15.2. The molecule has 0 bridgehead atoms. The molecule has 0 aliphatic carbocycles. The number of carbonyl (C=O) groups is 1. The number of hydrogen-bond donors (Lipinski definition) is 3. The topological polar surface area (TPSA) is 75.3 Å². The smallest absolute Gasteiger partial charge is 0.251 e. The summed E-state index contributed by atoms with van der Waals surface area (Å²) < 4.78 is 0. The predicted molar refractivity (Wildman–Crippen MR) is 84.3 cm³/mol. The van der Waals surface area contributed by atoms with Crippen molar-refractivity contribution in [1.29, 1.82) is 0 Å². The molecule has 1 heterocycles. The maximum atomic E-state index is 12.2. The summed E-state index contributed by atoms with van der Waals surface area (Å²) >= 11 is 1.55. The highest BCUT2D eigenvalue weighted by Crippen LogP contribution is 2.17. The van der Waals surface area contributed by atoms with Gasteiger partial charge in [-0.05, 0) is 42.1 Å². The van der Waals surface area contributed by atoms with Gasteiger partial charge in [0, 0.05) is 16.0 Å². The Morgan fingerprint density at radius 3 is 2.95 bits per heavy atom. The van der Waals surface area contributed by atoms with Gasteiger partial charge in [-0.25, -0.2) is 0 Å². The maximum Gasteiger partial charge on any atom is 0.251 e. The lowest BCUT2D eigenvalue weighted by Gasteiger charge is -2.07. The average Bonchev–Trinajstić information content (AvgIpc) is 2.90. The zero-order valence-corrected chi connectivity index (χ0v) is 12.5. The van der Waals surface area contributed by atoms with Crippen LogP contribution in [0.15, 0.2) is 29.6 Å². The van der Waals surface area contributed by atoms with Crippen LogP contribution in [0, 0.1) is 18.8 Å². The summed E-state index contributed by atoms with van der Waals surface area (Å²) in [5, 5.41) is 14.2. The number of phenolic OH excluding ortho intramolecular Hbond substituents is 1. The van der Waals surface area contributed by atoms with E-state index in [0.717, 1.165) is 16.0 Å². The number of aromatic hydroxyl groups is 1. The van der Waals surface area contributed by atoms with Crippen LogP contribution in [-0.2, 0) is 6.54 Å². The Balaban J connectivity index is 2.06. The second-order valence-corrected chi connectivity index (χ2v) is 5.45. The number of phenols is 1. The molecule has 0 saturated carbocycles. The van der Waals surface area contributed by atoms with Crippen LogP contribution >= 0.6 is 11.3 Å². The van der Waals surface area contributed by atoms with E-state index in [1.165, 1.54) is 6.07 Å². The van der Waals surface area contributed by atoms with Crippen molar-refractivity contribution >= 4 is 17.2 Å². The molecule has 21 heavy (non-hydrogen) atoms. The van der Waals surface area contributed by atoms with Crippen LogP contribution in [0.5, 0.6) is 5.75 Å². The van der Waals surface area contributed by atoms with Gasteiger partial charge in [-0.2, -0.15) is 0 Å². The number of nitrogens with two attached hydrogens (primary N) is 1. The van der Waals surface area contributed by atoms with Crippen LogP contribution in [-0.4, -0.2) is 17.6 Å². The SMILES string of the molecule is Cc1cc(O)ccc1C(=O)NCc1sccc1C#CCN. The predicted octanol–water partition coefficient (Wildman–Crippen LogP) is 2.00. The number of thiophene rings is 1. The molecule has 5 heteroatoms. The normalized spacial score (nSPS) is 9.81. The molecule has 0 aliphatic heterocycles. The fraction of sp³-hybridized carbons (Fsp3) is 0.188. The summed E-state index contributed by atoms with van der Waals surface area (Å²) in [5.41, 5.74) is 7.55. The van der Waals surface area contributed by atoms with Crippen LogP contribution in [0.1, 0.15) is 26.4 Å². The second-order valence-electron chi connectivity index (χ2n) is 4.45. The second kappa shape index (κ2) is 6.93. The van der Waals surface area contributed by atoms with Gasteiger partial charge in [0.25, 0.3) is 5.91 Å². The van der Waals surface area contributed by atoms with Gasteiger partial charge in [0.15, 0.2) is 0 Å². The van der Waals surface area contributed by atoms with E-state index in [4.69, 9.17) is 5.73 Å². The molecule has 0 atom stereocenters. The van der Waals surface area contributed by atoms with Gasteiger partial charge in [0.2, 0.25) is 0 Å². The van der Waals surface area contributed by atoms with E-state index in [-0.39, 0.29) is 11.7 Å². The van der Waals surface area contributed by atoms with E-state index in [9.17, 15) is 9.90 Å². The van der Waals surface area contributed by atoms with Crippen molar-refractivity contribution in [2.75, 3.05) is 6.54 Å². The molecule has 0 saturated heterocycles. The number of carbonyl (C=O) groups excluding carboxylic acids is 1. The third-order valence-corrected chi connectivity index (χ3v) is 3.86. The van der Waals surface area contributed by atoms with Crippen LogP contribution in [0.3, 0.4) is 0 Å². The standard InChI is InChI=1S/C16H16N2O2S/c1-11-9-13(19)4-5-14(11)16(20)18-10-15-12(3-2-7-17)6-8-21-15/h4-6,8-9,19H,7,10,17H2,1H3,(H,18,20). The van der Waals surface area contributed by atoms with Gasteiger partial charge in [-0.1, -0.05) is 11.8 Å². The van der Waals surface area contributed by atoms with E-state index in [1.807, 2.05) is 11.4 Å². The summed E-state index contributed by atoms with van der Waals surface area (Å²) in [7, 11) is 0. The number of rotatable bonds is 3. The van der Waals surface area contributed by atoms with E-state index >= 15 is 0 Å². The van der Waals surface area contributed by atoms with Gasteiger partial charge in [0.1, 0.15) is 5.75 Å². The van der Waals surface area contributed by atoms with Crippen molar-refractivity contribution in [3.63, 3.8) is 0 Å². The molecule has 108 valence electrons. The first-order valence-corrected chi connectivity index (χ1v) is 7.33. The van der Waals surface area contributed by atoms with E-state index < -0.39 is 0 Å². The third kappa shape index (κ3) is 3.85. The minimum atomic E-state index is -0.168. The van der Waals surface area contributed by atoms with Gasteiger partial charge in [-0.15, -0.1) is 11.3 Å². The van der Waals surface area contributed by atoms with Crippen LogP contribution < -0.4 is 11.1 Å². The summed E-state index contributed by atoms with van der Waals surface area (Å²) in [4.78, 5) is 13.2. The van der Waals surface area contributed by atoms with Crippen molar-refractivity contribution in [3.8, 4) is 17.6 Å². The molecular formula is C16H16N2O2S. The zero-order valence-electron chi connectivity index (χ0n) is 11.6. The molecule has 1 aromatic heterocycles. The minimum Gasteiger partial charge on any atom is -0.508 e. The first-order chi connectivity index (χ1) is 10.1. The Morgan fingerprint density at radius 1 is 1.43 bits per heavy atom. The number of amides is 1. The fourth-order valence-electron chi connectivity index (χ4n) is 1.89. The molecule has 2 rings (SSSR count). The lowest BCUT2D eigenvalue weighted by atomic mass is 10.1. The Morgan fingerprint density at radius 2 is 2.24 bits per heavy atom. The summed E-state index contributed by atoms with van der Waals surface area (Å²) in [6.07, 6.45) is 0. The van der Waals surface area contributed by atoms with Gasteiger partial charge >= 0.3 is 0 Å². The summed E-state index contributed by atoms with van der Waals surface area (Å²) in [6, 6.07) is 6.60. The van der Waals surface area contributed by atoms with E-state index in [2.05, 4.69) is 17.2 Å². The Labute approximate surface area is 127 Å². The third-order valence-electron chi connectivity index (χ3n) is 2.93. The molecule has 0 fully saturated rings. The molecule has 0 radical (unpaired) electrons. The quantitative estimate of drug-likeness (QED) is 0.759. The molecule has 0 spiro atoms. The maximum absolute atomic E-state index is 12.2. The lowest BCUT2D eigenvalue weighted by molar-refractivity contribution is 0.0950. The van der Waals surface area contributed by atoms with E-state index in [0.29, 0.717) is 18.7 Å². The number of aryl methyl sites for hydroxylation is 1. The molecule has 0 aliphatic rings. The number of hydrogen-bond acceptors (Lipinski definition) is 4. The summed E-state index contributed by atoms with van der Waals surface area (Å²) in [5.74, 6) is 5.78. The summed E-state index contributed by atoms with van der Waals surface area (Å²) in [6.45, 7) is 2.53. The van der Waals surface area contributed by atoms with Crippen LogP contribution in [0.25, 0.3) is 0 Å². The first-order valence-electron chi connectivity index (χ1n) is 6.45. The first kappa shape index (κ1) is 15.1. The van der Waals surface area contributed by atoms with Gasteiger partial charge < -0.3 is 16.2 Å². The number of benzene rings is 1. The Bertz CT molecular complexity index is 711. The fourth-order valence-corrected chi connectivity index (χ4v) is 2.66. The van der Waals surface area contributed by atoms with Crippen LogP contribution in [0.2, 0.25) is 0 Å². The Hall–Kier alpha value is -2.29. The van der Waals surface area contributed by atoms with Crippen molar-refractivity contribution in [2.45, 2.75) is 13.5 Å². The molecule has 0 unspecified atom stereocenters. The molecule has 4 nitrogen and oxygen atoms in total. The Kier molecular flexibility index (Phi) is 4.99. The minimum absolute atomic E-state index is 0.154. The highest BCUT2D eigenvalue weighted by Gasteiger charge is 2.10. The van der Waals surface area contributed by atoms with Gasteiger partial charge in [-0.3, -0.25) is 4.79 Å². The van der Waals surface area contributed by atoms with Crippen molar-refractivity contribution in [3.05, 3.63) is 51.2 Å². The highest BCUT2D eigenvalue weighted by molar-refractivity contribution is 7.10. The molecule has 4 N–H and O–H groups in total. The molecular weight excluding hydrogens is 284 g/mol. The van der Waals surface area contributed by atoms with Crippen LogP contribution in [0.4, 0.5) is 0 Å². The highest BCUT2D eigenvalue weighted by atomic mass is 32.1. The molecule has 1 amide bonds.